The van der Waals surface area contributed by atoms with Gasteiger partial charge in [0.15, 0.2) is 11.6 Å². The summed E-state index contributed by atoms with van der Waals surface area (Å²) < 4.78 is 27.7. The van der Waals surface area contributed by atoms with E-state index in [2.05, 4.69) is 9.47 Å². The molecule has 0 atom stereocenters. The van der Waals surface area contributed by atoms with Gasteiger partial charge in [0.05, 0.1) is 27.3 Å². The molecule has 1 rings (SSSR count). The average molecular weight is 299 g/mol. The third-order valence-corrected chi connectivity index (χ3v) is 2.66. The van der Waals surface area contributed by atoms with E-state index < -0.39 is 17.8 Å². The Morgan fingerprint density at radius 3 is 2.19 bits per heavy atom. The summed E-state index contributed by atoms with van der Waals surface area (Å²) in [6, 6.07) is 6.00. The highest BCUT2D eigenvalue weighted by atomic mass is 19.1. The SMILES string of the molecule is COC(=O)CN(CCOc1ccccc1F)CC(=O)OC. The molecule has 116 valence electrons. The van der Waals surface area contributed by atoms with Crippen LogP contribution in [0.1, 0.15) is 0 Å². The second kappa shape index (κ2) is 8.91. The molecule has 0 amide bonds. The molecule has 0 spiro atoms. The van der Waals surface area contributed by atoms with Gasteiger partial charge in [0.2, 0.25) is 0 Å². The smallest absolute Gasteiger partial charge is 0.319 e. The van der Waals surface area contributed by atoms with Gasteiger partial charge in [-0.25, -0.2) is 4.39 Å². The molecule has 0 N–H and O–H groups in total. The lowest BCUT2D eigenvalue weighted by Crippen LogP contribution is -2.38. The van der Waals surface area contributed by atoms with Gasteiger partial charge in [-0.05, 0) is 12.1 Å². The van der Waals surface area contributed by atoms with Crippen LogP contribution in [0.25, 0.3) is 0 Å². The minimum atomic E-state index is -0.482. The van der Waals surface area contributed by atoms with E-state index in [9.17, 15) is 14.0 Å². The number of halogens is 1. The molecular formula is C14H18FNO5. The van der Waals surface area contributed by atoms with Gasteiger partial charge in [0, 0.05) is 6.54 Å². The fourth-order valence-electron chi connectivity index (χ4n) is 1.55. The summed E-state index contributed by atoms with van der Waals surface area (Å²) in [5, 5.41) is 0. The molecule has 21 heavy (non-hydrogen) atoms. The summed E-state index contributed by atoms with van der Waals surface area (Å²) in [6.07, 6.45) is 0. The number of ether oxygens (including phenoxy) is 3. The highest BCUT2D eigenvalue weighted by molar-refractivity contribution is 5.74. The number of rotatable bonds is 8. The van der Waals surface area contributed by atoms with E-state index in [-0.39, 0.29) is 32.0 Å². The quantitative estimate of drug-likeness (QED) is 0.663. The first-order chi connectivity index (χ1) is 10.1. The Morgan fingerprint density at radius 1 is 1.10 bits per heavy atom. The molecule has 0 aliphatic heterocycles. The molecule has 0 aliphatic rings. The van der Waals surface area contributed by atoms with Crippen LogP contribution in [0.3, 0.4) is 0 Å². The molecular weight excluding hydrogens is 281 g/mol. The summed E-state index contributed by atoms with van der Waals surface area (Å²) in [4.78, 5) is 24.0. The van der Waals surface area contributed by atoms with Crippen molar-refractivity contribution < 1.29 is 28.2 Å². The molecule has 0 aliphatic carbocycles. The highest BCUT2D eigenvalue weighted by Gasteiger charge is 2.15. The van der Waals surface area contributed by atoms with Gasteiger partial charge >= 0.3 is 11.9 Å². The largest absolute Gasteiger partial charge is 0.489 e. The lowest BCUT2D eigenvalue weighted by Gasteiger charge is -2.19. The third kappa shape index (κ3) is 6.22. The van der Waals surface area contributed by atoms with Crippen LogP contribution in [0.4, 0.5) is 4.39 Å². The Morgan fingerprint density at radius 2 is 1.67 bits per heavy atom. The van der Waals surface area contributed by atoms with E-state index in [0.29, 0.717) is 0 Å². The van der Waals surface area contributed by atoms with Crippen molar-refractivity contribution in [3.8, 4) is 5.75 Å². The monoisotopic (exact) mass is 299 g/mol. The van der Waals surface area contributed by atoms with Crippen LogP contribution in [0, 0.1) is 5.82 Å². The topological polar surface area (TPSA) is 65.1 Å². The second-order valence-electron chi connectivity index (χ2n) is 4.14. The van der Waals surface area contributed by atoms with Crippen LogP contribution in [0.5, 0.6) is 5.75 Å². The minimum Gasteiger partial charge on any atom is -0.489 e. The summed E-state index contributed by atoms with van der Waals surface area (Å²) in [7, 11) is 2.52. The molecule has 0 unspecified atom stereocenters. The van der Waals surface area contributed by atoms with Crippen LogP contribution in [0.15, 0.2) is 24.3 Å². The molecule has 6 nitrogen and oxygen atoms in total. The van der Waals surface area contributed by atoms with E-state index in [1.54, 1.807) is 12.1 Å². The van der Waals surface area contributed by atoms with Crippen molar-refractivity contribution >= 4 is 11.9 Å². The number of hydrogen-bond donors (Lipinski definition) is 0. The van der Waals surface area contributed by atoms with E-state index in [1.165, 1.54) is 31.3 Å². The molecule has 0 heterocycles. The predicted octanol–water partition coefficient (Wildman–Crippen LogP) is 0.852. The first kappa shape index (κ1) is 16.9. The Balaban J connectivity index is 2.50. The molecule has 0 bridgehead atoms. The standard InChI is InChI=1S/C14H18FNO5/c1-19-13(17)9-16(10-14(18)20-2)7-8-21-12-6-4-3-5-11(12)15/h3-6H,7-10H2,1-2H3. The fourth-order valence-corrected chi connectivity index (χ4v) is 1.55. The summed E-state index contributed by atoms with van der Waals surface area (Å²) >= 11 is 0. The summed E-state index contributed by atoms with van der Waals surface area (Å²) in [6.45, 7) is 0.214. The first-order valence-corrected chi connectivity index (χ1v) is 6.30. The maximum atomic E-state index is 13.4. The molecule has 1 aromatic carbocycles. The van der Waals surface area contributed by atoms with Crippen molar-refractivity contribution in [2.24, 2.45) is 0 Å². The molecule has 0 radical (unpaired) electrons. The molecule has 0 fully saturated rings. The van der Waals surface area contributed by atoms with Crippen LogP contribution in [-0.4, -0.2) is 57.3 Å². The number of para-hydroxylation sites is 1. The predicted molar refractivity (Wildman–Crippen MR) is 72.4 cm³/mol. The van der Waals surface area contributed by atoms with Gasteiger partial charge in [-0.1, -0.05) is 12.1 Å². The number of esters is 2. The van der Waals surface area contributed by atoms with E-state index >= 15 is 0 Å². The zero-order valence-electron chi connectivity index (χ0n) is 12.0. The highest BCUT2D eigenvalue weighted by Crippen LogP contribution is 2.15. The first-order valence-electron chi connectivity index (χ1n) is 6.30. The number of hydrogen-bond acceptors (Lipinski definition) is 6. The van der Waals surface area contributed by atoms with Gasteiger partial charge in [-0.2, -0.15) is 0 Å². The minimum absolute atomic E-state index is 0.0772. The van der Waals surface area contributed by atoms with Crippen molar-refractivity contribution in [1.29, 1.82) is 0 Å². The van der Waals surface area contributed by atoms with Crippen molar-refractivity contribution in [3.63, 3.8) is 0 Å². The fraction of sp³-hybridized carbons (Fsp3) is 0.429. The molecule has 7 heteroatoms. The number of methoxy groups -OCH3 is 2. The van der Waals surface area contributed by atoms with Gasteiger partial charge in [-0.3, -0.25) is 14.5 Å². The summed E-state index contributed by atoms with van der Waals surface area (Å²) in [5.41, 5.74) is 0. The van der Waals surface area contributed by atoms with Crippen molar-refractivity contribution in [2.45, 2.75) is 0 Å². The van der Waals surface area contributed by atoms with Crippen LogP contribution < -0.4 is 4.74 Å². The summed E-state index contributed by atoms with van der Waals surface area (Å²) in [5.74, 6) is -1.31. The van der Waals surface area contributed by atoms with Gasteiger partial charge in [0.1, 0.15) is 6.61 Å². The lowest BCUT2D eigenvalue weighted by atomic mass is 10.3. The molecule has 0 saturated carbocycles. The van der Waals surface area contributed by atoms with Gasteiger partial charge in [0.25, 0.3) is 0 Å². The van der Waals surface area contributed by atoms with Gasteiger partial charge < -0.3 is 14.2 Å². The van der Waals surface area contributed by atoms with Crippen LogP contribution >= 0.6 is 0 Å². The van der Waals surface area contributed by atoms with Gasteiger partial charge in [-0.15, -0.1) is 0 Å². The zero-order valence-corrected chi connectivity index (χ0v) is 12.0. The number of carbonyl (C=O) groups excluding carboxylic acids is 2. The molecule has 0 aromatic heterocycles. The van der Waals surface area contributed by atoms with E-state index in [1.807, 2.05) is 0 Å². The Labute approximate surface area is 122 Å². The normalized spacial score (nSPS) is 10.3. The average Bonchev–Trinajstić information content (AvgIpc) is 2.48. The number of nitrogens with zero attached hydrogens (tertiary/aromatic N) is 1. The zero-order chi connectivity index (χ0) is 15.7. The van der Waals surface area contributed by atoms with E-state index in [0.717, 1.165) is 0 Å². The number of benzene rings is 1. The Bertz CT molecular complexity index is 462. The number of carbonyl (C=O) groups is 2. The van der Waals surface area contributed by atoms with Crippen molar-refractivity contribution in [1.82, 2.24) is 4.90 Å². The van der Waals surface area contributed by atoms with Crippen molar-refractivity contribution in [2.75, 3.05) is 40.5 Å². The van der Waals surface area contributed by atoms with Crippen molar-refractivity contribution in [3.05, 3.63) is 30.1 Å². The third-order valence-electron chi connectivity index (χ3n) is 2.66. The maximum absolute atomic E-state index is 13.4. The molecule has 0 saturated heterocycles. The molecule has 1 aromatic rings. The maximum Gasteiger partial charge on any atom is 0.319 e. The van der Waals surface area contributed by atoms with E-state index in [4.69, 9.17) is 4.74 Å². The Kier molecular flexibility index (Phi) is 7.17. The lowest BCUT2D eigenvalue weighted by molar-refractivity contribution is -0.145. The Hall–Kier alpha value is -2.15. The second-order valence-corrected chi connectivity index (χ2v) is 4.14. The van der Waals surface area contributed by atoms with Crippen LogP contribution in [0.2, 0.25) is 0 Å². The van der Waals surface area contributed by atoms with Crippen LogP contribution in [-0.2, 0) is 19.1 Å².